The van der Waals surface area contributed by atoms with Gasteiger partial charge in [-0.2, -0.15) is 5.10 Å². The van der Waals surface area contributed by atoms with E-state index in [1.54, 1.807) is 0 Å². The summed E-state index contributed by atoms with van der Waals surface area (Å²) in [5.41, 5.74) is 4.48. The summed E-state index contributed by atoms with van der Waals surface area (Å²) >= 11 is 3.40. The summed E-state index contributed by atoms with van der Waals surface area (Å²) in [6.07, 6.45) is 9.08. The first-order chi connectivity index (χ1) is 10.6. The second-order valence-electron chi connectivity index (χ2n) is 5.61. The van der Waals surface area contributed by atoms with Crippen molar-refractivity contribution in [2.45, 2.75) is 65.2 Å². The molecule has 3 nitrogen and oxygen atoms in total. The Balaban J connectivity index is 2.19. The zero-order chi connectivity index (χ0) is 16.2. The minimum Gasteiger partial charge on any atom is -0.273 e. The van der Waals surface area contributed by atoms with Crippen LogP contribution in [0.1, 0.15) is 70.8 Å². The molecule has 0 radical (unpaired) electrons. The summed E-state index contributed by atoms with van der Waals surface area (Å²) in [5.74, 6) is 0.00465. The maximum Gasteiger partial charge on any atom is 0.240 e. The zero-order valence-electron chi connectivity index (χ0n) is 13.7. The van der Waals surface area contributed by atoms with Gasteiger partial charge in [-0.3, -0.25) is 4.79 Å². The number of hydrazone groups is 1. The van der Waals surface area contributed by atoms with E-state index in [0.29, 0.717) is 6.42 Å². The molecule has 0 bridgehead atoms. The number of rotatable bonds is 10. The number of amides is 1. The van der Waals surface area contributed by atoms with Crippen LogP contribution >= 0.6 is 15.9 Å². The predicted octanol–water partition coefficient (Wildman–Crippen LogP) is 5.43. The van der Waals surface area contributed by atoms with Crippen molar-refractivity contribution in [1.82, 2.24) is 5.43 Å². The third-order valence-electron chi connectivity index (χ3n) is 3.62. The highest BCUT2D eigenvalue weighted by Gasteiger charge is 2.01. The predicted molar refractivity (Wildman–Crippen MR) is 97.1 cm³/mol. The molecule has 0 saturated carbocycles. The Labute approximate surface area is 142 Å². The summed E-state index contributed by atoms with van der Waals surface area (Å²) < 4.78 is 1.03. The van der Waals surface area contributed by atoms with Crippen LogP contribution in [0.5, 0.6) is 0 Å². The number of hydrogen-bond acceptors (Lipinski definition) is 2. The van der Waals surface area contributed by atoms with Gasteiger partial charge in [0.2, 0.25) is 5.91 Å². The third-order valence-corrected chi connectivity index (χ3v) is 4.15. The van der Waals surface area contributed by atoms with Crippen molar-refractivity contribution in [2.75, 3.05) is 0 Å². The topological polar surface area (TPSA) is 41.5 Å². The van der Waals surface area contributed by atoms with Crippen molar-refractivity contribution in [1.29, 1.82) is 0 Å². The smallest absolute Gasteiger partial charge is 0.240 e. The molecule has 0 unspecified atom stereocenters. The lowest BCUT2D eigenvalue weighted by atomic mass is 10.1. The summed E-state index contributed by atoms with van der Waals surface area (Å²) in [5, 5.41) is 4.17. The summed E-state index contributed by atoms with van der Waals surface area (Å²) in [6, 6.07) is 7.89. The number of halogens is 1. The first kappa shape index (κ1) is 18.9. The van der Waals surface area contributed by atoms with Crippen LogP contribution in [0.2, 0.25) is 0 Å². The second-order valence-corrected chi connectivity index (χ2v) is 6.53. The SMILES string of the molecule is CCCCCCCCCC(=O)N/N=C(\C)c1ccc(Br)cc1. The first-order valence-electron chi connectivity index (χ1n) is 8.22. The fourth-order valence-corrected chi connectivity index (χ4v) is 2.46. The molecule has 0 aliphatic rings. The zero-order valence-corrected chi connectivity index (χ0v) is 15.3. The van der Waals surface area contributed by atoms with Crippen LogP contribution in [0.25, 0.3) is 0 Å². The average Bonchev–Trinajstić information content (AvgIpc) is 2.52. The molecule has 4 heteroatoms. The molecule has 0 fully saturated rings. The number of carbonyl (C=O) groups is 1. The van der Waals surface area contributed by atoms with Gasteiger partial charge in [-0.15, -0.1) is 0 Å². The molecule has 0 aliphatic heterocycles. The van der Waals surface area contributed by atoms with Crippen LogP contribution in [0, 0.1) is 0 Å². The van der Waals surface area contributed by atoms with Gasteiger partial charge in [0.1, 0.15) is 0 Å². The largest absolute Gasteiger partial charge is 0.273 e. The van der Waals surface area contributed by atoms with Gasteiger partial charge < -0.3 is 0 Å². The van der Waals surface area contributed by atoms with Gasteiger partial charge in [0.25, 0.3) is 0 Å². The maximum atomic E-state index is 11.7. The van der Waals surface area contributed by atoms with E-state index in [1.807, 2.05) is 31.2 Å². The summed E-state index contributed by atoms with van der Waals surface area (Å²) in [6.45, 7) is 4.12. The monoisotopic (exact) mass is 366 g/mol. The van der Waals surface area contributed by atoms with Crippen molar-refractivity contribution in [3.05, 3.63) is 34.3 Å². The molecule has 122 valence electrons. The molecule has 0 atom stereocenters. The molecule has 1 N–H and O–H groups in total. The van der Waals surface area contributed by atoms with Crippen molar-refractivity contribution in [3.63, 3.8) is 0 Å². The molecule has 1 amide bonds. The van der Waals surface area contributed by atoms with Gasteiger partial charge in [-0.05, 0) is 31.0 Å². The standard InChI is InChI=1S/C18H27BrN2O/c1-3-4-5-6-7-8-9-10-18(22)21-20-15(2)16-11-13-17(19)14-12-16/h11-14H,3-10H2,1-2H3,(H,21,22)/b20-15+. The fraction of sp³-hybridized carbons (Fsp3) is 0.556. The van der Waals surface area contributed by atoms with E-state index in [9.17, 15) is 4.79 Å². The molecule has 0 aromatic heterocycles. The lowest BCUT2D eigenvalue weighted by molar-refractivity contribution is -0.121. The number of benzene rings is 1. The van der Waals surface area contributed by atoms with Crippen LogP contribution in [-0.4, -0.2) is 11.6 Å². The van der Waals surface area contributed by atoms with Gasteiger partial charge >= 0.3 is 0 Å². The second kappa shape index (κ2) is 11.4. The number of nitrogens with one attached hydrogen (secondary N) is 1. The highest BCUT2D eigenvalue weighted by Crippen LogP contribution is 2.11. The van der Waals surface area contributed by atoms with E-state index >= 15 is 0 Å². The molecule has 0 spiro atoms. The molecule has 1 rings (SSSR count). The Morgan fingerprint density at radius 3 is 2.27 bits per heavy atom. The number of unbranched alkanes of at least 4 members (excludes halogenated alkanes) is 6. The number of nitrogens with zero attached hydrogens (tertiary/aromatic N) is 1. The molecule has 22 heavy (non-hydrogen) atoms. The van der Waals surface area contributed by atoms with Crippen LogP contribution in [-0.2, 0) is 4.79 Å². The molecule has 0 aliphatic carbocycles. The highest BCUT2D eigenvalue weighted by molar-refractivity contribution is 9.10. The minimum atomic E-state index is 0.00465. The third kappa shape index (κ3) is 8.32. The number of hydrogen-bond donors (Lipinski definition) is 1. The molecular formula is C18H27BrN2O. The lowest BCUT2D eigenvalue weighted by Crippen LogP contribution is -2.18. The van der Waals surface area contributed by atoms with Crippen molar-refractivity contribution in [2.24, 2.45) is 5.10 Å². The van der Waals surface area contributed by atoms with E-state index in [0.717, 1.165) is 28.6 Å². The average molecular weight is 367 g/mol. The van der Waals surface area contributed by atoms with Gasteiger partial charge in [-0.25, -0.2) is 5.43 Å². The minimum absolute atomic E-state index is 0.00465. The maximum absolute atomic E-state index is 11.7. The Kier molecular flexibility index (Phi) is 9.80. The quantitative estimate of drug-likeness (QED) is 0.334. The van der Waals surface area contributed by atoms with Crippen molar-refractivity contribution < 1.29 is 4.79 Å². The molecule has 1 aromatic rings. The van der Waals surface area contributed by atoms with E-state index in [4.69, 9.17) is 0 Å². The molecule has 1 aromatic carbocycles. The normalized spacial score (nSPS) is 11.5. The van der Waals surface area contributed by atoms with E-state index < -0.39 is 0 Å². The van der Waals surface area contributed by atoms with E-state index in [2.05, 4.69) is 33.4 Å². The van der Waals surface area contributed by atoms with E-state index in [1.165, 1.54) is 32.1 Å². The molecule has 0 heterocycles. The lowest BCUT2D eigenvalue weighted by Gasteiger charge is -2.04. The van der Waals surface area contributed by atoms with Crippen LogP contribution < -0.4 is 5.43 Å². The van der Waals surface area contributed by atoms with E-state index in [-0.39, 0.29) is 5.91 Å². The summed E-state index contributed by atoms with van der Waals surface area (Å²) in [7, 11) is 0. The summed E-state index contributed by atoms with van der Waals surface area (Å²) in [4.78, 5) is 11.7. The van der Waals surface area contributed by atoms with Gasteiger partial charge in [0, 0.05) is 10.9 Å². The Hall–Kier alpha value is -1.16. The van der Waals surface area contributed by atoms with Crippen LogP contribution in [0.4, 0.5) is 0 Å². The van der Waals surface area contributed by atoms with Crippen LogP contribution in [0.15, 0.2) is 33.8 Å². The van der Waals surface area contributed by atoms with Crippen molar-refractivity contribution >= 4 is 27.5 Å². The molecule has 0 saturated heterocycles. The van der Waals surface area contributed by atoms with Crippen molar-refractivity contribution in [3.8, 4) is 0 Å². The van der Waals surface area contributed by atoms with Crippen LogP contribution in [0.3, 0.4) is 0 Å². The Morgan fingerprint density at radius 2 is 1.64 bits per heavy atom. The van der Waals surface area contributed by atoms with Gasteiger partial charge in [0.05, 0.1) is 5.71 Å². The Morgan fingerprint density at radius 1 is 1.05 bits per heavy atom. The number of carbonyl (C=O) groups excluding carboxylic acids is 1. The van der Waals surface area contributed by atoms with Gasteiger partial charge in [0.15, 0.2) is 0 Å². The fourth-order valence-electron chi connectivity index (χ4n) is 2.20. The highest BCUT2D eigenvalue weighted by atomic mass is 79.9. The molecular weight excluding hydrogens is 340 g/mol. The first-order valence-corrected chi connectivity index (χ1v) is 9.02. The van der Waals surface area contributed by atoms with Gasteiger partial charge in [-0.1, -0.05) is 73.5 Å². The Bertz CT molecular complexity index is 468.